The van der Waals surface area contributed by atoms with Crippen molar-refractivity contribution in [3.63, 3.8) is 0 Å². The van der Waals surface area contributed by atoms with Gasteiger partial charge in [-0.2, -0.15) is 0 Å². The van der Waals surface area contributed by atoms with Gasteiger partial charge in [-0.1, -0.05) is 35.9 Å². The van der Waals surface area contributed by atoms with Crippen LogP contribution in [0.3, 0.4) is 0 Å². The van der Waals surface area contributed by atoms with Crippen molar-refractivity contribution >= 4 is 0 Å². The lowest BCUT2D eigenvalue weighted by Gasteiger charge is -2.17. The summed E-state index contributed by atoms with van der Waals surface area (Å²) in [6.07, 6.45) is 2.60. The third kappa shape index (κ3) is 4.77. The summed E-state index contributed by atoms with van der Waals surface area (Å²) in [4.78, 5) is 0. The molecule has 2 rings (SSSR count). The fourth-order valence-electron chi connectivity index (χ4n) is 1.78. The molecule has 0 amide bonds. The molecule has 1 atom stereocenters. The Kier molecular flexibility index (Phi) is 4.97. The first-order valence-corrected chi connectivity index (χ1v) is 5.93. The van der Waals surface area contributed by atoms with Gasteiger partial charge < -0.3 is 10.5 Å². The van der Waals surface area contributed by atoms with Crippen LogP contribution in [-0.4, -0.2) is 18.2 Å². The van der Waals surface area contributed by atoms with Crippen molar-refractivity contribution in [3.8, 4) is 0 Å². The van der Waals surface area contributed by atoms with Gasteiger partial charge in [-0.05, 0) is 33.6 Å². The van der Waals surface area contributed by atoms with Crippen LogP contribution in [0.15, 0.2) is 30.3 Å². The molecule has 1 aliphatic rings. The van der Waals surface area contributed by atoms with Crippen LogP contribution in [-0.2, 0) is 4.74 Å². The molecule has 2 N–H and O–H groups in total. The van der Waals surface area contributed by atoms with Gasteiger partial charge in [0.05, 0.1) is 11.7 Å². The topological polar surface area (TPSA) is 35.2 Å². The summed E-state index contributed by atoms with van der Waals surface area (Å²) in [5, 5.41) is 0. The summed E-state index contributed by atoms with van der Waals surface area (Å²) in [6.45, 7) is 6.98. The predicted octanol–water partition coefficient (Wildman–Crippen LogP) is 2.90. The second-order valence-corrected chi connectivity index (χ2v) is 4.93. The maximum Gasteiger partial charge on any atom is 0.0705 e. The lowest BCUT2D eigenvalue weighted by molar-refractivity contribution is -0.0108. The van der Waals surface area contributed by atoms with Crippen molar-refractivity contribution in [3.05, 3.63) is 35.9 Å². The molecular weight excluding hydrogens is 198 g/mol. The zero-order valence-electron chi connectivity index (χ0n) is 10.6. The molecule has 2 heteroatoms. The van der Waals surface area contributed by atoms with E-state index in [9.17, 15) is 0 Å². The van der Waals surface area contributed by atoms with Crippen LogP contribution in [0.1, 0.15) is 32.3 Å². The average Bonchev–Trinajstić information content (AvgIpc) is 2.60. The molecule has 1 fully saturated rings. The molecule has 16 heavy (non-hydrogen) atoms. The molecule has 0 bridgehead atoms. The zero-order valence-corrected chi connectivity index (χ0v) is 10.6. The van der Waals surface area contributed by atoms with Gasteiger partial charge in [-0.3, -0.25) is 0 Å². The van der Waals surface area contributed by atoms with Crippen molar-refractivity contribution in [2.24, 2.45) is 5.73 Å². The second-order valence-electron chi connectivity index (χ2n) is 4.93. The van der Waals surface area contributed by atoms with E-state index < -0.39 is 0 Å². The van der Waals surface area contributed by atoms with E-state index in [2.05, 4.69) is 32.9 Å². The number of benzene rings is 1. The van der Waals surface area contributed by atoms with Gasteiger partial charge in [0, 0.05) is 6.54 Å². The highest BCUT2D eigenvalue weighted by Gasteiger charge is 2.30. The van der Waals surface area contributed by atoms with Crippen LogP contribution in [0.25, 0.3) is 0 Å². The third-order valence-electron chi connectivity index (χ3n) is 2.76. The van der Waals surface area contributed by atoms with E-state index in [4.69, 9.17) is 10.5 Å². The van der Waals surface area contributed by atoms with E-state index in [0.29, 0.717) is 12.6 Å². The van der Waals surface area contributed by atoms with E-state index in [1.165, 1.54) is 5.56 Å². The molecule has 0 saturated carbocycles. The lowest BCUT2D eigenvalue weighted by atomic mass is 10.1. The molecule has 0 radical (unpaired) electrons. The van der Waals surface area contributed by atoms with Gasteiger partial charge in [0.15, 0.2) is 0 Å². The number of ether oxygens (including phenoxy) is 1. The van der Waals surface area contributed by atoms with Crippen molar-refractivity contribution < 1.29 is 4.74 Å². The molecule has 1 unspecified atom stereocenters. The van der Waals surface area contributed by atoms with Crippen molar-refractivity contribution in [1.29, 1.82) is 0 Å². The third-order valence-corrected chi connectivity index (χ3v) is 2.76. The summed E-state index contributed by atoms with van der Waals surface area (Å²) in [7, 11) is 0. The molecule has 1 aromatic rings. The summed E-state index contributed by atoms with van der Waals surface area (Å²) in [6, 6.07) is 10.3. The number of hydrogen-bond acceptors (Lipinski definition) is 2. The summed E-state index contributed by atoms with van der Waals surface area (Å²) in [5.74, 6) is 0. The van der Waals surface area contributed by atoms with E-state index >= 15 is 0 Å². The van der Waals surface area contributed by atoms with Gasteiger partial charge in [0.25, 0.3) is 0 Å². The van der Waals surface area contributed by atoms with Crippen LogP contribution < -0.4 is 5.73 Å². The Morgan fingerprint density at radius 2 is 1.94 bits per heavy atom. The SMILES string of the molecule is CC1(C)CCC(CN)O1.Cc1ccccc1. The summed E-state index contributed by atoms with van der Waals surface area (Å²) >= 11 is 0. The minimum Gasteiger partial charge on any atom is -0.371 e. The van der Waals surface area contributed by atoms with Crippen LogP contribution in [0.5, 0.6) is 0 Å². The summed E-state index contributed by atoms with van der Waals surface area (Å²) in [5.41, 5.74) is 6.84. The highest BCUT2D eigenvalue weighted by atomic mass is 16.5. The highest BCUT2D eigenvalue weighted by Crippen LogP contribution is 2.28. The standard InChI is InChI=1S/C7H15NO.C7H8/c1-7(2)4-3-6(5-8)9-7;1-7-5-3-2-4-6-7/h6H,3-5,8H2,1-2H3;2-6H,1H3. The highest BCUT2D eigenvalue weighted by molar-refractivity contribution is 5.11. The molecule has 0 spiro atoms. The van der Waals surface area contributed by atoms with Crippen LogP contribution in [0.2, 0.25) is 0 Å². The van der Waals surface area contributed by atoms with Gasteiger partial charge >= 0.3 is 0 Å². The monoisotopic (exact) mass is 221 g/mol. The van der Waals surface area contributed by atoms with Gasteiger partial charge in [0.2, 0.25) is 0 Å². The maximum atomic E-state index is 5.57. The first-order chi connectivity index (χ1) is 7.53. The molecule has 1 aliphatic heterocycles. The maximum absolute atomic E-state index is 5.57. The zero-order chi connectivity index (χ0) is 12.0. The Bertz CT molecular complexity index is 295. The van der Waals surface area contributed by atoms with Crippen LogP contribution >= 0.6 is 0 Å². The second kappa shape index (κ2) is 6.02. The molecule has 0 aromatic heterocycles. The Morgan fingerprint density at radius 1 is 1.31 bits per heavy atom. The first kappa shape index (κ1) is 13.2. The fourth-order valence-corrected chi connectivity index (χ4v) is 1.78. The predicted molar refractivity (Wildman–Crippen MR) is 68.4 cm³/mol. The quantitative estimate of drug-likeness (QED) is 0.791. The molecule has 2 nitrogen and oxygen atoms in total. The number of rotatable bonds is 1. The number of hydrogen-bond donors (Lipinski definition) is 1. The normalized spacial score (nSPS) is 22.4. The molecular formula is C14H23NO. The van der Waals surface area contributed by atoms with Gasteiger partial charge in [-0.15, -0.1) is 0 Å². The molecule has 1 saturated heterocycles. The van der Waals surface area contributed by atoms with Gasteiger partial charge in [-0.25, -0.2) is 0 Å². The Balaban J connectivity index is 0.000000165. The van der Waals surface area contributed by atoms with Crippen LogP contribution in [0.4, 0.5) is 0 Å². The lowest BCUT2D eigenvalue weighted by Crippen LogP contribution is -2.24. The number of aryl methyl sites for hydroxylation is 1. The smallest absolute Gasteiger partial charge is 0.0705 e. The van der Waals surface area contributed by atoms with Gasteiger partial charge in [0.1, 0.15) is 0 Å². The molecule has 90 valence electrons. The number of nitrogens with two attached hydrogens (primary N) is 1. The first-order valence-electron chi connectivity index (χ1n) is 5.93. The molecule has 0 aliphatic carbocycles. The molecule has 1 aromatic carbocycles. The van der Waals surface area contributed by atoms with Crippen molar-refractivity contribution in [1.82, 2.24) is 0 Å². The minimum atomic E-state index is 0.0873. The molecule has 1 heterocycles. The minimum absolute atomic E-state index is 0.0873. The van der Waals surface area contributed by atoms with E-state index in [-0.39, 0.29) is 5.60 Å². The van der Waals surface area contributed by atoms with Crippen molar-refractivity contribution in [2.45, 2.75) is 45.3 Å². The summed E-state index contributed by atoms with van der Waals surface area (Å²) < 4.78 is 5.57. The Morgan fingerprint density at radius 3 is 2.19 bits per heavy atom. The average molecular weight is 221 g/mol. The fraction of sp³-hybridized carbons (Fsp3) is 0.571. The Labute approximate surface area is 98.8 Å². The van der Waals surface area contributed by atoms with E-state index in [1.807, 2.05) is 18.2 Å². The Hall–Kier alpha value is -0.860. The van der Waals surface area contributed by atoms with Crippen LogP contribution in [0, 0.1) is 6.92 Å². The van der Waals surface area contributed by atoms with E-state index in [0.717, 1.165) is 12.8 Å². The van der Waals surface area contributed by atoms with Crippen molar-refractivity contribution in [2.75, 3.05) is 6.54 Å². The largest absolute Gasteiger partial charge is 0.371 e. The van der Waals surface area contributed by atoms with E-state index in [1.54, 1.807) is 0 Å².